The quantitative estimate of drug-likeness (QED) is 0.375. The first-order valence-electron chi connectivity index (χ1n) is 4.76. The van der Waals surface area contributed by atoms with Gasteiger partial charge in [-0.1, -0.05) is 6.42 Å². The van der Waals surface area contributed by atoms with Crippen LogP contribution < -0.4 is 0 Å². The fraction of sp³-hybridized carbons (Fsp3) is 1.00. The highest BCUT2D eigenvalue weighted by molar-refractivity contribution is 7.94. The van der Waals surface area contributed by atoms with Gasteiger partial charge >= 0.3 is 0 Å². The zero-order valence-electron chi connectivity index (χ0n) is 8.06. The standard InChI is InChI=1S/C8H16O5S2/c9-6-4(7(10)14-12)2-1-3-5(6)8(11)15-13/h4-13H,1-3H2. The van der Waals surface area contributed by atoms with Crippen LogP contribution in [0.1, 0.15) is 19.3 Å². The molecule has 0 spiro atoms. The van der Waals surface area contributed by atoms with E-state index in [9.17, 15) is 15.3 Å². The molecular weight excluding hydrogens is 240 g/mol. The van der Waals surface area contributed by atoms with Crippen LogP contribution in [0.25, 0.3) is 0 Å². The largest absolute Gasteiger partial charge is 0.392 e. The molecule has 5 nitrogen and oxygen atoms in total. The zero-order valence-corrected chi connectivity index (χ0v) is 9.69. The minimum Gasteiger partial charge on any atom is -0.392 e. The Labute approximate surface area is 96.9 Å². The van der Waals surface area contributed by atoms with Gasteiger partial charge in [0.25, 0.3) is 0 Å². The molecule has 4 unspecified atom stereocenters. The highest BCUT2D eigenvalue weighted by Crippen LogP contribution is 2.37. The summed E-state index contributed by atoms with van der Waals surface area (Å²) in [5.74, 6) is -0.916. The molecule has 4 atom stereocenters. The van der Waals surface area contributed by atoms with Crippen molar-refractivity contribution in [2.75, 3.05) is 0 Å². The maximum Gasteiger partial charge on any atom is 0.130 e. The van der Waals surface area contributed by atoms with Gasteiger partial charge in [-0.3, -0.25) is 0 Å². The van der Waals surface area contributed by atoms with Crippen molar-refractivity contribution in [1.29, 1.82) is 0 Å². The van der Waals surface area contributed by atoms with Crippen molar-refractivity contribution in [2.45, 2.75) is 36.2 Å². The van der Waals surface area contributed by atoms with E-state index in [1.165, 1.54) is 0 Å². The lowest BCUT2D eigenvalue weighted by Gasteiger charge is -2.37. The summed E-state index contributed by atoms with van der Waals surface area (Å²) in [6.45, 7) is 0. The number of aliphatic hydroxyl groups is 3. The third-order valence-electron chi connectivity index (χ3n) is 2.90. The molecule has 0 heterocycles. The van der Waals surface area contributed by atoms with Gasteiger partial charge in [0.15, 0.2) is 0 Å². The molecule has 7 heteroatoms. The smallest absolute Gasteiger partial charge is 0.130 e. The molecule has 1 saturated carbocycles. The van der Waals surface area contributed by atoms with Crippen LogP contribution in [0.5, 0.6) is 0 Å². The predicted molar refractivity (Wildman–Crippen MR) is 59.3 cm³/mol. The molecule has 0 aromatic rings. The normalized spacial score (nSPS) is 36.2. The summed E-state index contributed by atoms with van der Waals surface area (Å²) in [7, 11) is 0. The Balaban J connectivity index is 2.62. The summed E-state index contributed by atoms with van der Waals surface area (Å²) in [6.07, 6.45) is 1.06. The van der Waals surface area contributed by atoms with Crippen LogP contribution in [0, 0.1) is 11.8 Å². The summed E-state index contributed by atoms with van der Waals surface area (Å²) in [5, 5.41) is 28.7. The van der Waals surface area contributed by atoms with Crippen LogP contribution >= 0.6 is 24.1 Å². The summed E-state index contributed by atoms with van der Waals surface area (Å²) in [5.41, 5.74) is -2.09. The van der Waals surface area contributed by atoms with E-state index >= 15 is 0 Å². The van der Waals surface area contributed by atoms with Gasteiger partial charge in [-0.2, -0.15) is 0 Å². The lowest BCUT2D eigenvalue weighted by atomic mass is 9.79. The van der Waals surface area contributed by atoms with Gasteiger partial charge in [0, 0.05) is 35.9 Å². The van der Waals surface area contributed by atoms with Crippen molar-refractivity contribution >= 4 is 24.1 Å². The molecular formula is C8H16O5S2. The number of hydrogen-bond donors (Lipinski definition) is 5. The molecule has 0 saturated heterocycles. The SMILES string of the molecule is OSC(O)C1CCCC(C(O)SO)C1O. The first-order valence-corrected chi connectivity index (χ1v) is 6.43. The van der Waals surface area contributed by atoms with E-state index in [4.69, 9.17) is 9.11 Å². The third kappa shape index (κ3) is 3.23. The Morgan fingerprint density at radius 2 is 1.33 bits per heavy atom. The predicted octanol–water partition coefficient (Wildman–Crippen LogP) is 0.813. The second-order valence-corrected chi connectivity index (χ2v) is 5.13. The average Bonchev–Trinajstić information content (AvgIpc) is 2.27. The van der Waals surface area contributed by atoms with Gasteiger partial charge in [-0.05, 0) is 12.8 Å². The maximum absolute atomic E-state index is 9.86. The van der Waals surface area contributed by atoms with Gasteiger partial charge in [-0.15, -0.1) is 0 Å². The van der Waals surface area contributed by atoms with E-state index in [0.29, 0.717) is 36.9 Å². The van der Waals surface area contributed by atoms with Crippen molar-refractivity contribution in [1.82, 2.24) is 0 Å². The molecule has 90 valence electrons. The molecule has 0 amide bonds. The fourth-order valence-corrected chi connectivity index (χ4v) is 2.93. The van der Waals surface area contributed by atoms with Gasteiger partial charge in [-0.25, -0.2) is 0 Å². The summed E-state index contributed by atoms with van der Waals surface area (Å²) >= 11 is 0.602. The van der Waals surface area contributed by atoms with Crippen LogP contribution in [-0.4, -0.2) is 41.4 Å². The van der Waals surface area contributed by atoms with E-state index in [1.54, 1.807) is 0 Å². The first kappa shape index (κ1) is 13.6. The Morgan fingerprint density at radius 1 is 0.933 bits per heavy atom. The van der Waals surface area contributed by atoms with Crippen molar-refractivity contribution < 1.29 is 24.4 Å². The maximum atomic E-state index is 9.86. The molecule has 1 aliphatic carbocycles. The summed E-state index contributed by atoms with van der Waals surface area (Å²) < 4.78 is 17.5. The molecule has 0 aliphatic heterocycles. The second-order valence-electron chi connectivity index (χ2n) is 3.74. The van der Waals surface area contributed by atoms with Gasteiger partial charge < -0.3 is 24.4 Å². The monoisotopic (exact) mass is 256 g/mol. The number of aliphatic hydroxyl groups excluding tert-OH is 3. The Morgan fingerprint density at radius 3 is 1.67 bits per heavy atom. The highest BCUT2D eigenvalue weighted by atomic mass is 32.2. The van der Waals surface area contributed by atoms with Crippen LogP contribution in [0.3, 0.4) is 0 Å². The minimum atomic E-state index is -1.04. The topological polar surface area (TPSA) is 101 Å². The molecule has 1 rings (SSSR count). The minimum absolute atomic E-state index is 0.301. The molecule has 0 radical (unpaired) electrons. The first-order chi connectivity index (χ1) is 7.11. The molecule has 1 fully saturated rings. The molecule has 5 N–H and O–H groups in total. The van der Waals surface area contributed by atoms with E-state index in [2.05, 4.69) is 0 Å². The van der Waals surface area contributed by atoms with Crippen molar-refractivity contribution in [3.63, 3.8) is 0 Å². The van der Waals surface area contributed by atoms with Crippen molar-refractivity contribution in [3.8, 4) is 0 Å². The molecule has 0 bridgehead atoms. The Hall–Kier alpha value is 0.500. The van der Waals surface area contributed by atoms with Crippen LogP contribution in [-0.2, 0) is 0 Å². The summed E-state index contributed by atoms with van der Waals surface area (Å²) in [6, 6.07) is 0. The van der Waals surface area contributed by atoms with Crippen molar-refractivity contribution in [3.05, 3.63) is 0 Å². The van der Waals surface area contributed by atoms with E-state index in [-0.39, 0.29) is 0 Å². The molecule has 0 aromatic carbocycles. The van der Waals surface area contributed by atoms with Gasteiger partial charge in [0.05, 0.1) is 6.10 Å². The molecule has 1 aliphatic rings. The Kier molecular flexibility index (Phi) is 5.69. The number of rotatable bonds is 4. The zero-order chi connectivity index (χ0) is 11.4. The number of hydrogen-bond acceptors (Lipinski definition) is 7. The fourth-order valence-electron chi connectivity index (χ4n) is 2.03. The van der Waals surface area contributed by atoms with E-state index < -0.39 is 28.8 Å². The average molecular weight is 256 g/mol. The molecule has 0 aromatic heterocycles. The third-order valence-corrected chi connectivity index (χ3v) is 4.03. The van der Waals surface area contributed by atoms with Gasteiger partial charge in [0.1, 0.15) is 10.9 Å². The summed E-state index contributed by atoms with van der Waals surface area (Å²) in [4.78, 5) is 0. The van der Waals surface area contributed by atoms with Crippen LogP contribution in [0.15, 0.2) is 0 Å². The van der Waals surface area contributed by atoms with Crippen LogP contribution in [0.2, 0.25) is 0 Å². The van der Waals surface area contributed by atoms with E-state index in [0.717, 1.165) is 6.42 Å². The van der Waals surface area contributed by atoms with Crippen LogP contribution in [0.4, 0.5) is 0 Å². The molecule has 15 heavy (non-hydrogen) atoms. The van der Waals surface area contributed by atoms with Crippen molar-refractivity contribution in [2.24, 2.45) is 11.8 Å². The highest BCUT2D eigenvalue weighted by Gasteiger charge is 2.39. The van der Waals surface area contributed by atoms with Gasteiger partial charge in [0.2, 0.25) is 0 Å². The Bertz CT molecular complexity index is 176. The lowest BCUT2D eigenvalue weighted by molar-refractivity contribution is -0.0437. The lowest BCUT2D eigenvalue weighted by Crippen LogP contribution is -2.43. The second kappa shape index (κ2) is 6.29. The van der Waals surface area contributed by atoms with E-state index in [1.807, 2.05) is 0 Å².